The second-order valence-electron chi connectivity index (χ2n) is 12.9. The molecule has 50 heavy (non-hydrogen) atoms. The van der Waals surface area contributed by atoms with E-state index in [-0.39, 0.29) is 43.4 Å². The number of carboxylic acid groups (broad SMARTS) is 1. The minimum Gasteiger partial charge on any atom is -0.480 e. The number of carbonyl (C=O) groups is 2. The maximum absolute atomic E-state index is 12.9. The highest BCUT2D eigenvalue weighted by atomic mass is 35.5. The predicted octanol–water partition coefficient (Wildman–Crippen LogP) is -3.19. The molecular weight excluding hydrogens is 748 g/mol. The van der Waals surface area contributed by atoms with Crippen LogP contribution in [0.3, 0.4) is 0 Å². The van der Waals surface area contributed by atoms with Crippen LogP contribution in [0, 0.1) is 17.8 Å². The van der Waals surface area contributed by atoms with E-state index in [1.807, 2.05) is 0 Å². The summed E-state index contributed by atoms with van der Waals surface area (Å²) in [6.07, 6.45) is -3.19. The first-order valence-corrected chi connectivity index (χ1v) is 20.1. The summed E-state index contributed by atoms with van der Waals surface area (Å²) in [5.74, 6) is 1.08. The summed E-state index contributed by atoms with van der Waals surface area (Å²) in [6, 6.07) is -5.12. The van der Waals surface area contributed by atoms with Crippen LogP contribution >= 0.6 is 24.2 Å². The third kappa shape index (κ3) is 10.6. The highest BCUT2D eigenvalue weighted by Crippen LogP contribution is 2.44. The maximum atomic E-state index is 12.9. The van der Waals surface area contributed by atoms with Crippen molar-refractivity contribution in [2.45, 2.75) is 111 Å². The highest BCUT2D eigenvalue weighted by Gasteiger charge is 2.54. The number of rotatable bonds is 15. The lowest BCUT2D eigenvalue weighted by Crippen LogP contribution is -2.77. The van der Waals surface area contributed by atoms with Crippen molar-refractivity contribution in [3.8, 4) is 0 Å². The number of aliphatic hydroxyl groups is 1. The Morgan fingerprint density at radius 2 is 1.76 bits per heavy atom. The Labute approximate surface area is 300 Å². The van der Waals surface area contributed by atoms with Gasteiger partial charge >= 0.3 is 16.3 Å². The summed E-state index contributed by atoms with van der Waals surface area (Å²) >= 11 is 10.3. The van der Waals surface area contributed by atoms with E-state index in [1.165, 1.54) is 0 Å². The van der Waals surface area contributed by atoms with Crippen molar-refractivity contribution in [1.29, 1.82) is 0 Å². The van der Waals surface area contributed by atoms with Gasteiger partial charge in [-0.05, 0) is 51.4 Å². The number of primary amides is 1. The van der Waals surface area contributed by atoms with Gasteiger partial charge in [0.1, 0.15) is 24.7 Å². The molecule has 0 spiro atoms. The molecule has 1 aliphatic heterocycles. The summed E-state index contributed by atoms with van der Waals surface area (Å²) in [5.41, 5.74) is 5.60. The summed E-state index contributed by atoms with van der Waals surface area (Å²) in [4.78, 5) is 23.9. The molecule has 0 aromatic carbocycles. The number of fused-ring (bicyclic) bond motifs is 1. The maximum Gasteiger partial charge on any atom is 0.333 e. The van der Waals surface area contributed by atoms with Gasteiger partial charge in [0.15, 0.2) is 6.35 Å². The van der Waals surface area contributed by atoms with Gasteiger partial charge in [0.05, 0.1) is 29.4 Å². The van der Waals surface area contributed by atoms with E-state index in [1.54, 1.807) is 6.92 Å². The molecule has 14 unspecified atom stereocenters. The number of ether oxygens (including phenoxy) is 1. The van der Waals surface area contributed by atoms with Crippen molar-refractivity contribution in [2.24, 2.45) is 39.6 Å². The fourth-order valence-electron chi connectivity index (χ4n) is 7.41. The van der Waals surface area contributed by atoms with Gasteiger partial charge in [-0.15, -0.1) is 11.6 Å². The lowest BCUT2D eigenvalue weighted by Gasteiger charge is -2.51. The number of hydrogen-bond donors (Lipinski definition) is 12. The second kappa shape index (κ2) is 17.6. The molecule has 3 saturated carbocycles. The van der Waals surface area contributed by atoms with E-state index in [0.717, 1.165) is 0 Å². The molecule has 288 valence electrons. The number of carboxylic acids is 1. The van der Waals surface area contributed by atoms with Gasteiger partial charge in [-0.2, -0.15) is 54.6 Å². The highest BCUT2D eigenvalue weighted by molar-refractivity contribution is 7.87. The van der Waals surface area contributed by atoms with Crippen LogP contribution in [0.4, 0.5) is 0 Å². The smallest absolute Gasteiger partial charge is 0.333 e. The average Bonchev–Trinajstić information content (AvgIpc) is 3.02. The van der Waals surface area contributed by atoms with Gasteiger partial charge < -0.3 is 20.7 Å². The third-order valence-corrected chi connectivity index (χ3v) is 12.5. The quantitative estimate of drug-likeness (QED) is 0.0255. The van der Waals surface area contributed by atoms with Gasteiger partial charge in [-0.3, -0.25) is 40.7 Å². The number of azo groups is 1. The number of aliphatic carboxylic acids is 1. The van der Waals surface area contributed by atoms with Gasteiger partial charge in [-0.25, -0.2) is 0 Å². The molecule has 4 rings (SSSR count). The average molecular weight is 795 g/mol. The normalized spacial score (nSPS) is 39.1. The number of amides is 1. The van der Waals surface area contributed by atoms with Crippen molar-refractivity contribution in [1.82, 2.24) is 31.3 Å². The number of thiol groups is 1. The van der Waals surface area contributed by atoms with E-state index >= 15 is 0 Å². The molecule has 1 amide bonds. The molecule has 14 atom stereocenters. The van der Waals surface area contributed by atoms with Crippen LogP contribution in [-0.2, 0) is 39.0 Å². The SMILES string of the molecule is CCOC1NC(NC(CS)C(=O)O)NC(NC2CC(S(=O)(=O)ON)CC3CC(NS(=O)(=O)O)C(N=NC4CCC(Cl)CC4C(N)=O)C(O)C32)N1. The lowest BCUT2D eigenvalue weighted by molar-refractivity contribution is -0.139. The zero-order chi connectivity index (χ0) is 37.0. The van der Waals surface area contributed by atoms with Crippen LogP contribution in [0.1, 0.15) is 45.4 Å². The molecule has 0 aromatic heterocycles. The molecule has 0 aromatic rings. The van der Waals surface area contributed by atoms with Crippen LogP contribution in [0.25, 0.3) is 0 Å². The Hall–Kier alpha value is -1.36. The molecule has 4 fully saturated rings. The topological polar surface area (TPSA) is 331 Å². The number of alkyl halides is 1. The molecular formula is C25H47ClN10O11S3. The lowest BCUT2D eigenvalue weighted by atomic mass is 9.64. The Balaban J connectivity index is 1.67. The van der Waals surface area contributed by atoms with Gasteiger partial charge in [0.25, 0.3) is 10.1 Å². The third-order valence-electron chi connectivity index (χ3n) is 9.64. The first kappa shape index (κ1) is 41.4. The summed E-state index contributed by atoms with van der Waals surface area (Å²) in [5, 5.41) is 44.0. The first-order valence-electron chi connectivity index (χ1n) is 16.1. The summed E-state index contributed by atoms with van der Waals surface area (Å²) in [7, 11) is -9.16. The van der Waals surface area contributed by atoms with Crippen LogP contribution in [-0.4, -0.2) is 122 Å². The summed E-state index contributed by atoms with van der Waals surface area (Å²) < 4.78 is 71.7. The van der Waals surface area contributed by atoms with E-state index in [4.69, 9.17) is 28.0 Å². The van der Waals surface area contributed by atoms with Crippen molar-refractivity contribution in [3.05, 3.63) is 0 Å². The Kier molecular flexibility index (Phi) is 14.6. The number of carbonyl (C=O) groups excluding carboxylic acids is 1. The number of hydrogen-bond acceptors (Lipinski definition) is 18. The number of nitrogens with one attached hydrogen (secondary N) is 6. The van der Waals surface area contributed by atoms with E-state index in [0.29, 0.717) is 12.8 Å². The molecule has 0 radical (unpaired) electrons. The van der Waals surface area contributed by atoms with Crippen molar-refractivity contribution in [2.75, 3.05) is 12.4 Å². The number of nitrogens with zero attached hydrogens (tertiary/aromatic N) is 2. The molecule has 13 N–H and O–H groups in total. The fourth-order valence-corrected chi connectivity index (χ4v) is 9.69. The zero-order valence-electron chi connectivity index (χ0n) is 27.0. The fraction of sp³-hybridized carbons (Fsp3) is 0.920. The standard InChI is InChI=1S/C25H47ClN10O11S3/c1-2-46-25-32-23(31-24(33-25)30-17(9-48)22(39)40)29-15-8-12(49(41,42)47-28)5-10-6-16(36-50(43,44)45)19(20(37)18(10)15)35-34-14-4-3-11(26)7-13(14)21(27)38/h10-20,23-25,29-33,36-37,48H,2-9,28H2,1H3,(H2,27,38)(H,39,40)(H,43,44,45). The molecule has 25 heteroatoms. The Morgan fingerprint density at radius 1 is 1.06 bits per heavy atom. The molecule has 21 nitrogen and oxygen atoms in total. The largest absolute Gasteiger partial charge is 0.480 e. The van der Waals surface area contributed by atoms with E-state index in [2.05, 4.69) is 58.4 Å². The second-order valence-corrected chi connectivity index (χ2v) is 16.9. The van der Waals surface area contributed by atoms with Crippen molar-refractivity contribution in [3.63, 3.8) is 0 Å². The van der Waals surface area contributed by atoms with Crippen molar-refractivity contribution < 1.29 is 50.2 Å². The molecule has 1 saturated heterocycles. The minimum absolute atomic E-state index is 0.0422. The van der Waals surface area contributed by atoms with Crippen molar-refractivity contribution >= 4 is 56.5 Å². The van der Waals surface area contributed by atoms with Gasteiger partial charge in [-0.1, -0.05) is 0 Å². The zero-order valence-corrected chi connectivity index (χ0v) is 30.3. The first-order chi connectivity index (χ1) is 23.5. The number of aliphatic hydroxyl groups excluding tert-OH is 1. The summed E-state index contributed by atoms with van der Waals surface area (Å²) in [6.45, 7) is 2.01. The molecule has 4 aliphatic rings. The van der Waals surface area contributed by atoms with Crippen LogP contribution < -0.4 is 42.9 Å². The van der Waals surface area contributed by atoms with E-state index in [9.17, 15) is 41.2 Å². The number of halogens is 1. The molecule has 3 aliphatic carbocycles. The predicted molar refractivity (Wildman–Crippen MR) is 180 cm³/mol. The van der Waals surface area contributed by atoms with Crippen LogP contribution in [0.2, 0.25) is 0 Å². The molecule has 1 heterocycles. The number of nitrogens with two attached hydrogens (primary N) is 2. The van der Waals surface area contributed by atoms with Crippen LogP contribution in [0.5, 0.6) is 0 Å². The van der Waals surface area contributed by atoms with Gasteiger partial charge in [0, 0.05) is 29.7 Å². The monoisotopic (exact) mass is 794 g/mol. The van der Waals surface area contributed by atoms with Crippen LogP contribution in [0.15, 0.2) is 10.2 Å². The van der Waals surface area contributed by atoms with Gasteiger partial charge in [0.2, 0.25) is 5.91 Å². The Bertz CT molecular complexity index is 1440. The molecule has 0 bridgehead atoms. The Morgan fingerprint density at radius 3 is 2.36 bits per heavy atom. The minimum atomic E-state index is -4.84. The van der Waals surface area contributed by atoms with E-state index < -0.39 is 111 Å².